The maximum Gasteiger partial charge on any atom is 0.159 e. The topological polar surface area (TPSA) is 12.0 Å². The first-order valence-corrected chi connectivity index (χ1v) is 5.82. The molecule has 1 N–H and O–H groups in total. The largest absolute Gasteiger partial charge is 0.317 e. The van der Waals surface area contributed by atoms with Crippen molar-refractivity contribution >= 4 is 0 Å². The summed E-state index contributed by atoms with van der Waals surface area (Å²) in [5, 5.41) is 3.29. The van der Waals surface area contributed by atoms with Crippen molar-refractivity contribution in [3.8, 4) is 0 Å². The summed E-state index contributed by atoms with van der Waals surface area (Å²) in [4.78, 5) is 0. The average Bonchev–Trinajstić information content (AvgIpc) is 3.08. The molecule has 0 aromatic heterocycles. The maximum atomic E-state index is 13.0. The summed E-state index contributed by atoms with van der Waals surface area (Å²) in [5.41, 5.74) is 0.875. The van der Waals surface area contributed by atoms with Crippen LogP contribution in [0.2, 0.25) is 0 Å². The molecule has 2 rings (SSSR count). The van der Waals surface area contributed by atoms with E-state index in [1.54, 1.807) is 6.07 Å². The van der Waals surface area contributed by atoms with Crippen LogP contribution in [-0.4, -0.2) is 13.1 Å². The van der Waals surface area contributed by atoms with Crippen molar-refractivity contribution in [2.75, 3.05) is 7.05 Å². The molecule has 1 aliphatic carbocycles. The van der Waals surface area contributed by atoms with E-state index in [-0.39, 0.29) is 0 Å². The van der Waals surface area contributed by atoms with Gasteiger partial charge in [-0.05, 0) is 56.3 Å². The van der Waals surface area contributed by atoms with Crippen LogP contribution >= 0.6 is 0 Å². The molecule has 1 fully saturated rings. The highest BCUT2D eigenvalue weighted by molar-refractivity contribution is 5.18. The van der Waals surface area contributed by atoms with Gasteiger partial charge in [-0.1, -0.05) is 6.07 Å². The van der Waals surface area contributed by atoms with Crippen LogP contribution in [0, 0.1) is 17.6 Å². The number of halogens is 2. The van der Waals surface area contributed by atoms with Crippen LogP contribution < -0.4 is 5.32 Å². The molecule has 0 aliphatic heterocycles. The Hall–Kier alpha value is -0.960. The third kappa shape index (κ3) is 2.79. The van der Waals surface area contributed by atoms with E-state index in [1.807, 2.05) is 7.05 Å². The van der Waals surface area contributed by atoms with Gasteiger partial charge in [0.05, 0.1) is 0 Å². The minimum atomic E-state index is -0.767. The molecule has 1 unspecified atom stereocenters. The molecule has 16 heavy (non-hydrogen) atoms. The summed E-state index contributed by atoms with van der Waals surface area (Å²) in [6.07, 6.45) is 4.39. The van der Waals surface area contributed by atoms with Crippen LogP contribution in [0.4, 0.5) is 8.78 Å². The fraction of sp³-hybridized carbons (Fsp3) is 0.538. The van der Waals surface area contributed by atoms with Gasteiger partial charge < -0.3 is 5.32 Å². The van der Waals surface area contributed by atoms with E-state index < -0.39 is 11.6 Å². The van der Waals surface area contributed by atoms with Crippen molar-refractivity contribution < 1.29 is 8.78 Å². The lowest BCUT2D eigenvalue weighted by Gasteiger charge is -2.14. The van der Waals surface area contributed by atoms with Crippen LogP contribution in [0.5, 0.6) is 0 Å². The zero-order valence-corrected chi connectivity index (χ0v) is 9.47. The van der Waals surface area contributed by atoms with Crippen molar-refractivity contribution in [1.82, 2.24) is 5.32 Å². The lowest BCUT2D eigenvalue weighted by Crippen LogP contribution is -2.27. The van der Waals surface area contributed by atoms with Gasteiger partial charge in [0.25, 0.3) is 0 Å². The van der Waals surface area contributed by atoms with Crippen molar-refractivity contribution in [3.63, 3.8) is 0 Å². The minimum Gasteiger partial charge on any atom is -0.317 e. The number of nitrogens with one attached hydrogen (secondary N) is 1. The minimum absolute atomic E-state index is 0.521. The number of hydrogen-bond donors (Lipinski definition) is 1. The highest BCUT2D eigenvalue weighted by Crippen LogP contribution is 2.34. The Morgan fingerprint density at radius 2 is 2.06 bits per heavy atom. The molecule has 1 aromatic carbocycles. The van der Waals surface area contributed by atoms with Crippen molar-refractivity contribution in [2.24, 2.45) is 5.92 Å². The third-order valence-corrected chi connectivity index (χ3v) is 3.29. The molecule has 0 bridgehead atoms. The molecule has 1 aliphatic rings. The highest BCUT2D eigenvalue weighted by Gasteiger charge is 2.29. The molecule has 0 spiro atoms. The van der Waals surface area contributed by atoms with Gasteiger partial charge >= 0.3 is 0 Å². The predicted octanol–water partition coefficient (Wildman–Crippen LogP) is 2.90. The van der Waals surface area contributed by atoms with Crippen molar-refractivity contribution in [3.05, 3.63) is 35.4 Å². The van der Waals surface area contributed by atoms with Crippen LogP contribution in [-0.2, 0) is 6.42 Å². The monoisotopic (exact) mass is 225 g/mol. The van der Waals surface area contributed by atoms with Crippen molar-refractivity contribution in [2.45, 2.75) is 31.7 Å². The number of aryl methyl sites for hydroxylation is 1. The van der Waals surface area contributed by atoms with E-state index in [2.05, 4.69) is 5.32 Å². The summed E-state index contributed by atoms with van der Waals surface area (Å²) in [6.45, 7) is 0. The Morgan fingerprint density at radius 1 is 1.31 bits per heavy atom. The van der Waals surface area contributed by atoms with Gasteiger partial charge in [-0.25, -0.2) is 8.78 Å². The molecule has 88 valence electrons. The molecule has 3 heteroatoms. The smallest absolute Gasteiger partial charge is 0.159 e. The third-order valence-electron chi connectivity index (χ3n) is 3.29. The molecule has 1 aromatic rings. The van der Waals surface area contributed by atoms with Gasteiger partial charge in [0.15, 0.2) is 11.6 Å². The second kappa shape index (κ2) is 4.91. The van der Waals surface area contributed by atoms with Crippen molar-refractivity contribution in [1.29, 1.82) is 0 Å². The molecule has 0 radical (unpaired) electrons. The molecule has 1 atom stereocenters. The Morgan fingerprint density at radius 3 is 2.62 bits per heavy atom. The molecule has 0 heterocycles. The van der Waals surface area contributed by atoms with Gasteiger partial charge in [-0.3, -0.25) is 0 Å². The standard InChI is InChI=1S/C13H17F2N/c1-16-13(10-4-5-10)7-3-9-2-6-11(14)12(15)8-9/h2,6,8,10,13,16H,3-5,7H2,1H3. The van der Waals surface area contributed by atoms with E-state index in [0.717, 1.165) is 24.3 Å². The predicted molar refractivity (Wildman–Crippen MR) is 60.3 cm³/mol. The lowest BCUT2D eigenvalue weighted by atomic mass is 10.0. The molecule has 0 saturated heterocycles. The fourth-order valence-corrected chi connectivity index (χ4v) is 2.13. The van der Waals surface area contributed by atoms with E-state index in [9.17, 15) is 8.78 Å². The van der Waals surface area contributed by atoms with Gasteiger partial charge in [0.2, 0.25) is 0 Å². The summed E-state index contributed by atoms with van der Waals surface area (Å²) < 4.78 is 25.7. The summed E-state index contributed by atoms with van der Waals surface area (Å²) in [7, 11) is 1.97. The zero-order chi connectivity index (χ0) is 11.5. The molecule has 1 saturated carbocycles. The summed E-state index contributed by atoms with van der Waals surface area (Å²) >= 11 is 0. The van der Waals surface area contributed by atoms with Gasteiger partial charge in [0.1, 0.15) is 0 Å². The SMILES string of the molecule is CNC(CCc1ccc(F)c(F)c1)C1CC1. The van der Waals surface area contributed by atoms with Crippen LogP contribution in [0.15, 0.2) is 18.2 Å². The first kappa shape index (κ1) is 11.5. The van der Waals surface area contributed by atoms with Crippen LogP contribution in [0.25, 0.3) is 0 Å². The molecular formula is C13H17F2N. The highest BCUT2D eigenvalue weighted by atomic mass is 19.2. The first-order valence-electron chi connectivity index (χ1n) is 5.82. The quantitative estimate of drug-likeness (QED) is 0.812. The normalized spacial score (nSPS) is 17.4. The fourth-order valence-electron chi connectivity index (χ4n) is 2.13. The average molecular weight is 225 g/mol. The Labute approximate surface area is 94.9 Å². The maximum absolute atomic E-state index is 13.0. The molecular weight excluding hydrogens is 208 g/mol. The second-order valence-electron chi connectivity index (χ2n) is 4.52. The number of hydrogen-bond acceptors (Lipinski definition) is 1. The second-order valence-corrected chi connectivity index (χ2v) is 4.52. The van der Waals surface area contributed by atoms with E-state index in [1.165, 1.54) is 25.0 Å². The van der Waals surface area contributed by atoms with Gasteiger partial charge in [0, 0.05) is 6.04 Å². The van der Waals surface area contributed by atoms with Gasteiger partial charge in [-0.15, -0.1) is 0 Å². The van der Waals surface area contributed by atoms with E-state index >= 15 is 0 Å². The Balaban J connectivity index is 1.90. The Kier molecular flexibility index (Phi) is 3.54. The summed E-state index contributed by atoms with van der Waals surface area (Å²) in [6, 6.07) is 4.69. The molecule has 1 nitrogen and oxygen atoms in total. The Bertz CT molecular complexity index is 361. The van der Waals surface area contributed by atoms with E-state index in [0.29, 0.717) is 6.04 Å². The van der Waals surface area contributed by atoms with E-state index in [4.69, 9.17) is 0 Å². The van der Waals surface area contributed by atoms with Crippen LogP contribution in [0.1, 0.15) is 24.8 Å². The van der Waals surface area contributed by atoms with Gasteiger partial charge in [-0.2, -0.15) is 0 Å². The zero-order valence-electron chi connectivity index (χ0n) is 9.47. The lowest BCUT2D eigenvalue weighted by molar-refractivity contribution is 0.468. The number of rotatable bonds is 5. The summed E-state index contributed by atoms with van der Waals surface area (Å²) in [5.74, 6) is -0.726. The van der Waals surface area contributed by atoms with Crippen LogP contribution in [0.3, 0.4) is 0 Å². The first-order chi connectivity index (χ1) is 7.70. The molecule has 0 amide bonds. The number of benzene rings is 1.